The molecule has 4 aromatic carbocycles. The molecule has 4 aromatic rings. The zero-order valence-electron chi connectivity index (χ0n) is 59.4. The van der Waals surface area contributed by atoms with E-state index in [4.69, 9.17) is 19.4 Å². The number of nitrogens with zero attached hydrogens (tertiary/aromatic N) is 5. The minimum atomic E-state index is -4.46. The van der Waals surface area contributed by atoms with Crippen LogP contribution >= 0.6 is 0 Å². The summed E-state index contributed by atoms with van der Waals surface area (Å²) in [5.74, 6) is -2.34. The molecule has 100 heavy (non-hydrogen) atoms. The van der Waals surface area contributed by atoms with Crippen LogP contribution in [0.5, 0.6) is 11.5 Å². The second-order valence-electron chi connectivity index (χ2n) is 31.0. The normalized spacial score (nSPS) is 24.0. The number of carboxylic acid groups (broad SMARTS) is 1. The highest BCUT2D eigenvalue weighted by Gasteiger charge is 2.57. The van der Waals surface area contributed by atoms with Gasteiger partial charge in [0.05, 0.1) is 42.2 Å². The molecule has 0 saturated carbocycles. The fourth-order valence-electron chi connectivity index (χ4n) is 18.0. The third kappa shape index (κ3) is 14.6. The maximum absolute atomic E-state index is 12.4. The van der Waals surface area contributed by atoms with Gasteiger partial charge in [0.2, 0.25) is 11.4 Å². The second-order valence-corrected chi connectivity index (χ2v) is 33.9. The number of carboxylic acids is 1. The number of imide groups is 1. The van der Waals surface area contributed by atoms with E-state index in [0.29, 0.717) is 30.7 Å². The molecular weight excluding hydrogens is 1310 g/mol. The molecule has 1 N–H and O–H groups in total. The van der Waals surface area contributed by atoms with E-state index in [2.05, 4.69) is 161 Å². The van der Waals surface area contributed by atoms with Gasteiger partial charge in [-0.25, -0.2) is 21.6 Å². The lowest BCUT2D eigenvalue weighted by atomic mass is 9.71. The Hall–Kier alpha value is -7.20. The highest BCUT2D eigenvalue weighted by Crippen LogP contribution is 2.55. The van der Waals surface area contributed by atoms with Gasteiger partial charge in [-0.15, -0.1) is 5.06 Å². The van der Waals surface area contributed by atoms with Crippen molar-refractivity contribution in [3.05, 3.63) is 116 Å². The van der Waals surface area contributed by atoms with Gasteiger partial charge in [-0.3, -0.25) is 14.4 Å². The predicted molar refractivity (Wildman–Crippen MR) is 388 cm³/mol. The Kier molecular flexibility index (Phi) is 21.1. The van der Waals surface area contributed by atoms with E-state index in [1.54, 1.807) is 0 Å². The van der Waals surface area contributed by atoms with Crippen molar-refractivity contribution in [2.45, 2.75) is 251 Å². The van der Waals surface area contributed by atoms with Gasteiger partial charge in [-0.2, -0.15) is 9.15 Å². The van der Waals surface area contributed by atoms with Crippen LogP contribution in [0.1, 0.15) is 248 Å². The van der Waals surface area contributed by atoms with Gasteiger partial charge >= 0.3 is 11.9 Å². The SMILES string of the molecule is C.CCCCN1c2cc3c(cc2C(CS(=O)(=O)[O-])CC1(C)C)C=C1C2=[N+](CCC1O3)c1ccc(C)cc1C2(C)CCCCCC(=O)O.CCCCN1c2cc3c(cc2C(CS(=O)(=O)[O-])CC1(C)C)C=C1C2=[N+](CCC1O3)c1ccc(C)cc1C2(C)CCCCCC(=O)ON1C(=O)CCC1=O. The lowest BCUT2D eigenvalue weighted by Gasteiger charge is -2.49. The third-order valence-corrected chi connectivity index (χ3v) is 24.2. The van der Waals surface area contributed by atoms with Gasteiger partial charge < -0.3 is 38.3 Å². The van der Waals surface area contributed by atoms with Crippen LogP contribution in [0.4, 0.5) is 22.7 Å². The number of hydrogen-bond donors (Lipinski definition) is 1. The minimum Gasteiger partial charge on any atom is -0.748 e. The Labute approximate surface area is 592 Å². The van der Waals surface area contributed by atoms with Crippen LogP contribution < -0.4 is 19.3 Å². The zero-order valence-corrected chi connectivity index (χ0v) is 61.1. The molecule has 9 aliphatic rings. The molecule has 0 aliphatic carbocycles. The minimum absolute atomic E-state index is 0. The topological polar surface area (TPSA) is 246 Å². The maximum Gasteiger partial charge on any atom is 0.333 e. The number of unbranched alkanes of at least 4 members (excludes halogenated alkanes) is 6. The number of hydrogen-bond acceptors (Lipinski definition) is 15. The Balaban J connectivity index is 0.000000202. The predicted octanol–water partition coefficient (Wildman–Crippen LogP) is 14.3. The molecule has 0 bridgehead atoms. The molecule has 13 rings (SSSR count). The highest BCUT2D eigenvalue weighted by atomic mass is 32.2. The van der Waals surface area contributed by atoms with Crippen LogP contribution in [0, 0.1) is 13.8 Å². The van der Waals surface area contributed by atoms with Crippen molar-refractivity contribution in [3.63, 3.8) is 0 Å². The highest BCUT2D eigenvalue weighted by molar-refractivity contribution is 7.86. The van der Waals surface area contributed by atoms with Crippen LogP contribution in [-0.4, -0.2) is 141 Å². The first-order valence-corrected chi connectivity index (χ1v) is 39.3. The first-order valence-electron chi connectivity index (χ1n) is 36.2. The summed E-state index contributed by atoms with van der Waals surface area (Å²) in [7, 11) is -8.89. The van der Waals surface area contributed by atoms with Gasteiger partial charge in [-0.05, 0) is 154 Å². The molecule has 0 spiro atoms. The molecule has 1 fully saturated rings. The van der Waals surface area contributed by atoms with E-state index in [-0.39, 0.29) is 67.2 Å². The van der Waals surface area contributed by atoms with Crippen LogP contribution in [-0.2, 0) is 55.1 Å². The molecule has 21 heteroatoms. The Morgan fingerprint density at radius 3 is 1.42 bits per heavy atom. The van der Waals surface area contributed by atoms with E-state index < -0.39 is 67.3 Å². The zero-order chi connectivity index (χ0) is 70.9. The molecular formula is C79H103N5O14S2. The molecule has 19 nitrogen and oxygen atoms in total. The first-order chi connectivity index (χ1) is 46.8. The average Bonchev–Trinajstić information content (AvgIpc) is 1.50. The average molecular weight is 1410 g/mol. The quantitative estimate of drug-likeness (QED) is 0.0314. The van der Waals surface area contributed by atoms with Crippen LogP contribution in [0.3, 0.4) is 0 Å². The summed E-state index contributed by atoms with van der Waals surface area (Å²) in [6.07, 6.45) is 18.0. The molecule has 2 amide bonds. The number of ether oxygens (including phenoxy) is 2. The summed E-state index contributed by atoms with van der Waals surface area (Å²) in [5, 5.41) is 9.75. The third-order valence-electron chi connectivity index (χ3n) is 22.6. The summed E-state index contributed by atoms with van der Waals surface area (Å²) >= 11 is 0. The number of anilines is 2. The Bertz CT molecular complexity index is 4280. The van der Waals surface area contributed by atoms with Crippen LogP contribution in [0.25, 0.3) is 12.2 Å². The summed E-state index contributed by atoms with van der Waals surface area (Å²) in [5.41, 5.74) is 16.5. The molecule has 6 unspecified atom stereocenters. The lowest BCUT2D eigenvalue weighted by Crippen LogP contribution is -2.50. The van der Waals surface area contributed by atoms with Gasteiger partial charge in [-0.1, -0.05) is 83.1 Å². The number of benzene rings is 4. The Morgan fingerprint density at radius 1 is 0.600 bits per heavy atom. The van der Waals surface area contributed by atoms with Crippen molar-refractivity contribution in [1.29, 1.82) is 0 Å². The van der Waals surface area contributed by atoms with Crippen molar-refractivity contribution in [2.24, 2.45) is 0 Å². The first kappa shape index (κ1) is 74.0. The van der Waals surface area contributed by atoms with Gasteiger partial charge in [0.25, 0.3) is 11.8 Å². The van der Waals surface area contributed by atoms with E-state index in [0.717, 1.165) is 160 Å². The molecule has 540 valence electrons. The monoisotopic (exact) mass is 1410 g/mol. The molecule has 6 atom stereocenters. The van der Waals surface area contributed by atoms with E-state index in [9.17, 15) is 45.1 Å². The maximum atomic E-state index is 12.4. The van der Waals surface area contributed by atoms with Crippen molar-refractivity contribution < 1.29 is 73.7 Å². The van der Waals surface area contributed by atoms with Gasteiger partial charge in [0.1, 0.15) is 23.7 Å². The van der Waals surface area contributed by atoms with Crippen LogP contribution in [0.2, 0.25) is 0 Å². The van der Waals surface area contributed by atoms with Crippen molar-refractivity contribution >= 4 is 90.3 Å². The fraction of sp³-hybridized carbons (Fsp3) is 0.570. The molecule has 9 heterocycles. The molecule has 9 aliphatic heterocycles. The molecule has 0 aromatic heterocycles. The molecule has 1 saturated heterocycles. The largest absolute Gasteiger partial charge is 0.748 e. The Morgan fingerprint density at radius 2 is 1.02 bits per heavy atom. The van der Waals surface area contributed by atoms with E-state index in [1.165, 1.54) is 45.1 Å². The number of carbonyl (C=O) groups excluding carboxylic acids is 3. The second kappa shape index (κ2) is 28.6. The van der Waals surface area contributed by atoms with Crippen molar-refractivity contribution in [1.82, 2.24) is 5.06 Å². The van der Waals surface area contributed by atoms with Crippen molar-refractivity contribution in [2.75, 3.05) is 47.5 Å². The number of hydroxylamine groups is 2. The standard InChI is InChI=1S/C41H51N3O8S.C37H48N2O6S.CH4/c1-6-7-18-43-33-23-35-27(21-29(33)28(24-40(43,3)4)25-53(48,49)50)22-30-34(51-35)16-19-42-32-13-12-26(2)20-31(32)41(5,39(30)42)17-10-8-9-11-38(47)52-44-36(45)14-15-37(44)46;1-6-7-16-39-31-21-33-25(19-27(31)26(22-36(39,3)4)23-46(42,43)44)20-28-32(45-33)14-17-38-30-13-12-24(2)18-29(30)37(5,35(28)38)15-10-8-9-11-34(40)41;/h12-13,20-23,28,34H,6-11,14-19,24-25H2,1-5H3;12-13,18-21,26,32H,6-11,14-17,22-23H2,1-5H3,(H-,40,41,42,43,44);1H4. The van der Waals surface area contributed by atoms with E-state index in [1.807, 2.05) is 0 Å². The number of aliphatic carboxylic acids is 1. The number of aryl methyl sites for hydroxylation is 2. The van der Waals surface area contributed by atoms with Crippen LogP contribution in [0.15, 0.2) is 71.8 Å². The fourth-order valence-corrected chi connectivity index (χ4v) is 19.6. The summed E-state index contributed by atoms with van der Waals surface area (Å²) < 4.78 is 91.5. The van der Waals surface area contributed by atoms with Gasteiger partial charge in [0.15, 0.2) is 24.5 Å². The van der Waals surface area contributed by atoms with Gasteiger partial charge in [0, 0.05) is 144 Å². The number of fused-ring (bicyclic) bond motifs is 12. The van der Waals surface area contributed by atoms with Crippen molar-refractivity contribution in [3.8, 4) is 11.5 Å². The lowest BCUT2D eigenvalue weighted by molar-refractivity contribution is -0.444. The smallest absolute Gasteiger partial charge is 0.333 e. The summed E-state index contributed by atoms with van der Waals surface area (Å²) in [4.78, 5) is 57.1. The number of carbonyl (C=O) groups is 4. The number of amides is 2. The summed E-state index contributed by atoms with van der Waals surface area (Å²) in [6.45, 7) is 25.1. The number of rotatable bonds is 23. The summed E-state index contributed by atoms with van der Waals surface area (Å²) in [6, 6.07) is 21.7. The molecule has 0 radical (unpaired) electrons. The van der Waals surface area contributed by atoms with E-state index >= 15 is 0 Å².